The molecule has 0 saturated carbocycles. The topological polar surface area (TPSA) is 72.2 Å². The summed E-state index contributed by atoms with van der Waals surface area (Å²) in [5.41, 5.74) is 7.72. The van der Waals surface area contributed by atoms with Crippen LogP contribution in [0.2, 0.25) is 0 Å². The Balaban J connectivity index is 1.67. The van der Waals surface area contributed by atoms with Crippen molar-refractivity contribution in [1.29, 1.82) is 0 Å². The van der Waals surface area contributed by atoms with Crippen LogP contribution in [0.3, 0.4) is 0 Å². The van der Waals surface area contributed by atoms with Gasteiger partial charge in [0.15, 0.2) is 0 Å². The summed E-state index contributed by atoms with van der Waals surface area (Å²) in [7, 11) is 0. The summed E-state index contributed by atoms with van der Waals surface area (Å²) < 4.78 is 0. The highest BCUT2D eigenvalue weighted by molar-refractivity contribution is 7.17. The molecule has 0 bridgehead atoms. The van der Waals surface area contributed by atoms with E-state index < -0.39 is 5.91 Å². The van der Waals surface area contributed by atoms with Crippen LogP contribution in [0.4, 0.5) is 5.00 Å². The maximum Gasteiger partial charge on any atom is 0.256 e. The van der Waals surface area contributed by atoms with Gasteiger partial charge in [0.1, 0.15) is 5.00 Å². The van der Waals surface area contributed by atoms with Gasteiger partial charge in [-0.2, -0.15) is 0 Å². The van der Waals surface area contributed by atoms with Crippen molar-refractivity contribution < 1.29 is 9.59 Å². The number of anilines is 1. The zero-order chi connectivity index (χ0) is 18.3. The summed E-state index contributed by atoms with van der Waals surface area (Å²) in [5, 5.41) is 5.60. The van der Waals surface area contributed by atoms with Crippen LogP contribution in [-0.4, -0.2) is 11.8 Å². The van der Waals surface area contributed by atoms with E-state index in [0.29, 0.717) is 22.0 Å². The van der Waals surface area contributed by atoms with Crippen molar-refractivity contribution in [3.05, 3.63) is 64.0 Å². The van der Waals surface area contributed by atoms with Gasteiger partial charge in [-0.05, 0) is 53.6 Å². The number of carbonyl (C=O) groups excluding carboxylic acids is 2. The first kappa shape index (κ1) is 16.8. The van der Waals surface area contributed by atoms with Gasteiger partial charge < -0.3 is 11.1 Å². The Morgan fingerprint density at radius 1 is 1.15 bits per heavy atom. The molecule has 4 rings (SSSR count). The Morgan fingerprint density at radius 3 is 2.69 bits per heavy atom. The summed E-state index contributed by atoms with van der Waals surface area (Å²) in [6, 6.07) is 13.5. The molecule has 0 aliphatic heterocycles. The molecule has 1 aromatic heterocycles. The summed E-state index contributed by atoms with van der Waals surface area (Å²) in [6.45, 7) is 2.18. The number of carbonyl (C=O) groups is 2. The summed E-state index contributed by atoms with van der Waals surface area (Å²) >= 11 is 1.49. The number of fused-ring (bicyclic) bond motifs is 2. The quantitative estimate of drug-likeness (QED) is 0.724. The fourth-order valence-corrected chi connectivity index (χ4v) is 4.86. The van der Waals surface area contributed by atoms with E-state index in [1.807, 2.05) is 36.4 Å². The van der Waals surface area contributed by atoms with Crippen LogP contribution >= 0.6 is 11.3 Å². The van der Waals surface area contributed by atoms with E-state index in [-0.39, 0.29) is 5.91 Å². The van der Waals surface area contributed by atoms with Crippen LogP contribution in [0.1, 0.15) is 44.5 Å². The van der Waals surface area contributed by atoms with Gasteiger partial charge in [0.05, 0.1) is 5.56 Å². The molecular formula is C21H20N2O2S. The Kier molecular flexibility index (Phi) is 4.24. The van der Waals surface area contributed by atoms with Crippen LogP contribution in [-0.2, 0) is 12.8 Å². The van der Waals surface area contributed by atoms with E-state index in [2.05, 4.69) is 12.2 Å². The maximum absolute atomic E-state index is 12.8. The summed E-state index contributed by atoms with van der Waals surface area (Å²) in [6.07, 6.45) is 2.88. The smallest absolute Gasteiger partial charge is 0.256 e. The number of rotatable bonds is 3. The summed E-state index contributed by atoms with van der Waals surface area (Å²) in [5.74, 6) is -0.158. The predicted octanol–water partition coefficient (Wildman–Crippen LogP) is 4.38. The molecule has 0 unspecified atom stereocenters. The van der Waals surface area contributed by atoms with E-state index in [1.54, 1.807) is 6.07 Å². The van der Waals surface area contributed by atoms with Gasteiger partial charge >= 0.3 is 0 Å². The molecule has 3 N–H and O–H groups in total. The van der Waals surface area contributed by atoms with Gasteiger partial charge in [-0.1, -0.05) is 37.3 Å². The Morgan fingerprint density at radius 2 is 1.92 bits per heavy atom. The second-order valence-electron chi connectivity index (χ2n) is 6.94. The fourth-order valence-electron chi connectivity index (χ4n) is 3.61. The molecule has 5 heteroatoms. The first-order valence-electron chi connectivity index (χ1n) is 8.77. The lowest BCUT2D eigenvalue weighted by atomic mass is 9.87. The minimum atomic E-state index is -0.467. The average Bonchev–Trinajstić information content (AvgIpc) is 2.98. The molecular weight excluding hydrogens is 344 g/mol. The van der Waals surface area contributed by atoms with Crippen molar-refractivity contribution in [2.45, 2.75) is 26.2 Å². The lowest BCUT2D eigenvalue weighted by molar-refractivity contribution is 0.1000. The van der Waals surface area contributed by atoms with E-state index in [9.17, 15) is 9.59 Å². The lowest BCUT2D eigenvalue weighted by Crippen LogP contribution is -2.19. The van der Waals surface area contributed by atoms with Crippen molar-refractivity contribution in [3.63, 3.8) is 0 Å². The third-order valence-electron chi connectivity index (χ3n) is 4.99. The van der Waals surface area contributed by atoms with Gasteiger partial charge in [0, 0.05) is 10.4 Å². The fraction of sp³-hybridized carbons (Fsp3) is 0.238. The zero-order valence-electron chi connectivity index (χ0n) is 14.5. The molecule has 1 heterocycles. The molecule has 0 spiro atoms. The molecule has 1 atom stereocenters. The van der Waals surface area contributed by atoms with Gasteiger partial charge in [0.2, 0.25) is 0 Å². The minimum Gasteiger partial charge on any atom is -0.365 e. The van der Waals surface area contributed by atoms with Crippen LogP contribution in [0.5, 0.6) is 0 Å². The highest BCUT2D eigenvalue weighted by Crippen LogP contribution is 2.39. The van der Waals surface area contributed by atoms with Gasteiger partial charge in [0.25, 0.3) is 11.8 Å². The van der Waals surface area contributed by atoms with Crippen LogP contribution < -0.4 is 11.1 Å². The molecule has 2 amide bonds. The molecule has 2 aromatic carbocycles. The van der Waals surface area contributed by atoms with Crippen molar-refractivity contribution in [2.24, 2.45) is 11.7 Å². The van der Waals surface area contributed by atoms with E-state index >= 15 is 0 Å². The standard InChI is InChI=1S/C21H20N2O2S/c1-12-6-9-17-16(10-12)18(19(22)24)21(26-17)23-20(25)15-8-7-13-4-2-3-5-14(13)11-15/h2-5,7-8,11-12H,6,9-10H2,1H3,(H2,22,24)(H,23,25)/t12-/m1/s1. The van der Waals surface area contributed by atoms with Crippen LogP contribution in [0.25, 0.3) is 10.8 Å². The predicted molar refractivity (Wildman–Crippen MR) is 106 cm³/mol. The number of hydrogen-bond acceptors (Lipinski definition) is 3. The second-order valence-corrected chi connectivity index (χ2v) is 8.04. The van der Waals surface area contributed by atoms with E-state index in [1.165, 1.54) is 16.2 Å². The van der Waals surface area contributed by atoms with Gasteiger partial charge in [-0.15, -0.1) is 11.3 Å². The largest absolute Gasteiger partial charge is 0.365 e. The lowest BCUT2D eigenvalue weighted by Gasteiger charge is -2.18. The van der Waals surface area contributed by atoms with Crippen molar-refractivity contribution in [1.82, 2.24) is 0 Å². The van der Waals surface area contributed by atoms with Gasteiger partial charge in [-0.25, -0.2) is 0 Å². The summed E-state index contributed by atoms with van der Waals surface area (Å²) in [4.78, 5) is 26.0. The SMILES string of the molecule is C[C@@H]1CCc2sc(NC(=O)c3ccc4ccccc4c3)c(C(N)=O)c2C1. The second kappa shape index (κ2) is 6.57. The Hall–Kier alpha value is -2.66. The number of benzene rings is 2. The number of amides is 2. The Bertz CT molecular complexity index is 1020. The zero-order valence-corrected chi connectivity index (χ0v) is 15.4. The number of nitrogens with two attached hydrogens (primary N) is 1. The Labute approximate surface area is 156 Å². The third-order valence-corrected chi connectivity index (χ3v) is 6.20. The van der Waals surface area contributed by atoms with Crippen molar-refractivity contribution >= 4 is 38.9 Å². The molecule has 1 aliphatic rings. The molecule has 1 aliphatic carbocycles. The molecule has 132 valence electrons. The van der Waals surface area contributed by atoms with E-state index in [0.717, 1.165) is 35.6 Å². The van der Waals surface area contributed by atoms with Crippen molar-refractivity contribution in [3.8, 4) is 0 Å². The average molecular weight is 364 g/mol. The first-order chi connectivity index (χ1) is 12.5. The maximum atomic E-state index is 12.8. The highest BCUT2D eigenvalue weighted by atomic mass is 32.1. The highest BCUT2D eigenvalue weighted by Gasteiger charge is 2.27. The minimum absolute atomic E-state index is 0.218. The number of hydrogen-bond donors (Lipinski definition) is 2. The number of aryl methyl sites for hydroxylation is 1. The molecule has 3 aromatic rings. The first-order valence-corrected chi connectivity index (χ1v) is 9.59. The third kappa shape index (κ3) is 2.99. The van der Waals surface area contributed by atoms with E-state index in [4.69, 9.17) is 5.73 Å². The molecule has 0 fully saturated rings. The number of thiophene rings is 1. The molecule has 26 heavy (non-hydrogen) atoms. The van der Waals surface area contributed by atoms with Crippen molar-refractivity contribution in [2.75, 3.05) is 5.32 Å². The molecule has 0 saturated heterocycles. The number of nitrogens with one attached hydrogen (secondary N) is 1. The van der Waals surface area contributed by atoms with Crippen LogP contribution in [0.15, 0.2) is 42.5 Å². The normalized spacial score (nSPS) is 16.3. The number of primary amides is 1. The molecule has 4 nitrogen and oxygen atoms in total. The van der Waals surface area contributed by atoms with Crippen LogP contribution in [0, 0.1) is 5.92 Å². The monoisotopic (exact) mass is 364 g/mol. The van der Waals surface area contributed by atoms with Gasteiger partial charge in [-0.3, -0.25) is 9.59 Å². The molecule has 0 radical (unpaired) electrons.